The summed E-state index contributed by atoms with van der Waals surface area (Å²) in [5.41, 5.74) is 0. The van der Waals surface area contributed by atoms with E-state index in [1.54, 1.807) is 0 Å². The van der Waals surface area contributed by atoms with Gasteiger partial charge in [0, 0.05) is 0 Å². The molecule has 0 aliphatic carbocycles. The van der Waals surface area contributed by atoms with Gasteiger partial charge in [-0.2, -0.15) is 0 Å². The first-order valence-electron chi connectivity index (χ1n) is 4.24. The Morgan fingerprint density at radius 1 is 0.600 bits per heavy atom. The zero-order chi connectivity index (χ0) is 8.31. The number of hydrogen-bond donors (Lipinski definition) is 0. The summed E-state index contributed by atoms with van der Waals surface area (Å²) in [7, 11) is 0. The molecule has 0 heterocycles. The Morgan fingerprint density at radius 3 is 0.800 bits per heavy atom. The molecule has 0 N–H and O–H groups in total. The first-order valence-corrected chi connectivity index (χ1v) is 6.66. The maximum absolute atomic E-state index is 2.39. The molecular weight excluding hydrogens is 159 g/mol. The molecule has 0 aliphatic rings. The molecule has 0 bridgehead atoms. The van der Waals surface area contributed by atoms with E-state index in [9.17, 15) is 0 Å². The van der Waals surface area contributed by atoms with Crippen molar-refractivity contribution in [3.05, 3.63) is 0 Å². The van der Waals surface area contributed by atoms with E-state index in [2.05, 4.69) is 41.5 Å². The van der Waals surface area contributed by atoms with Crippen LogP contribution in [0.2, 0.25) is 13.9 Å². The van der Waals surface area contributed by atoms with Gasteiger partial charge in [0.15, 0.2) is 0 Å². The van der Waals surface area contributed by atoms with Crippen LogP contribution >= 0.6 is 0 Å². The standard InChI is InChI=1S/3C3H7.V/c3*1-3-2;/h3*3H,1-2H3;. The van der Waals surface area contributed by atoms with Crippen LogP contribution in [-0.2, 0) is 15.2 Å². The van der Waals surface area contributed by atoms with Crippen LogP contribution in [0.25, 0.3) is 0 Å². The van der Waals surface area contributed by atoms with Crippen LogP contribution in [0.1, 0.15) is 41.5 Å². The van der Waals surface area contributed by atoms with Crippen LogP contribution in [0.4, 0.5) is 0 Å². The molecule has 0 saturated carbocycles. The monoisotopic (exact) mass is 180 g/mol. The molecule has 0 amide bonds. The Bertz CT molecular complexity index is 65.7. The van der Waals surface area contributed by atoms with Crippen LogP contribution < -0.4 is 0 Å². The molecule has 10 heavy (non-hydrogen) atoms. The van der Waals surface area contributed by atoms with Crippen molar-refractivity contribution in [3.63, 3.8) is 0 Å². The molecule has 0 radical (unpaired) electrons. The average Bonchev–Trinajstić information content (AvgIpc) is 1.59. The van der Waals surface area contributed by atoms with Crippen LogP contribution in [0, 0.1) is 0 Å². The van der Waals surface area contributed by atoms with Crippen LogP contribution in [-0.4, -0.2) is 0 Å². The topological polar surface area (TPSA) is 0 Å². The van der Waals surface area contributed by atoms with Crippen molar-refractivity contribution >= 4 is 0 Å². The maximum atomic E-state index is 2.39. The molecule has 0 atom stereocenters. The van der Waals surface area contributed by atoms with Gasteiger partial charge in [-0.3, -0.25) is 0 Å². The molecule has 0 fully saturated rings. The fraction of sp³-hybridized carbons (Fsp3) is 1.00. The predicted molar refractivity (Wildman–Crippen MR) is 45.3 cm³/mol. The third kappa shape index (κ3) is 3.12. The zero-order valence-corrected chi connectivity index (χ0v) is 9.58. The molecule has 0 spiro atoms. The van der Waals surface area contributed by atoms with Gasteiger partial charge in [-0.1, -0.05) is 0 Å². The third-order valence-corrected chi connectivity index (χ3v) is 7.38. The van der Waals surface area contributed by atoms with E-state index in [0.717, 1.165) is 13.9 Å². The van der Waals surface area contributed by atoms with Crippen molar-refractivity contribution in [2.24, 2.45) is 0 Å². The molecule has 1 heteroatoms. The van der Waals surface area contributed by atoms with Crippen molar-refractivity contribution in [2.45, 2.75) is 55.4 Å². The van der Waals surface area contributed by atoms with Gasteiger partial charge in [-0.25, -0.2) is 0 Å². The summed E-state index contributed by atoms with van der Waals surface area (Å²) >= 11 is -0.521. The molecule has 0 saturated heterocycles. The summed E-state index contributed by atoms with van der Waals surface area (Å²) in [4.78, 5) is 0. The molecule has 0 rings (SSSR count). The van der Waals surface area contributed by atoms with Crippen molar-refractivity contribution in [3.8, 4) is 0 Å². The van der Waals surface area contributed by atoms with Crippen molar-refractivity contribution in [1.29, 1.82) is 0 Å². The number of hydrogen-bond acceptors (Lipinski definition) is 0. The van der Waals surface area contributed by atoms with E-state index < -0.39 is 15.2 Å². The molecule has 0 aromatic heterocycles. The average molecular weight is 180 g/mol. The van der Waals surface area contributed by atoms with Gasteiger partial charge in [0.25, 0.3) is 0 Å². The summed E-state index contributed by atoms with van der Waals surface area (Å²) in [6, 6.07) is 0. The SMILES string of the molecule is C[CH](C)[V]([CH](C)C)[CH](C)C. The van der Waals surface area contributed by atoms with E-state index in [1.165, 1.54) is 0 Å². The molecular formula is C9H21V. The Labute approximate surface area is 70.9 Å². The molecule has 0 aromatic rings. The Balaban J connectivity index is 3.98. The number of rotatable bonds is 3. The second kappa shape index (κ2) is 4.46. The van der Waals surface area contributed by atoms with Crippen molar-refractivity contribution < 1.29 is 15.2 Å². The molecule has 0 nitrogen and oxygen atoms in total. The van der Waals surface area contributed by atoms with E-state index in [-0.39, 0.29) is 0 Å². The minimum atomic E-state index is -0.521. The normalized spacial score (nSPS) is 12.6. The van der Waals surface area contributed by atoms with E-state index >= 15 is 0 Å². The van der Waals surface area contributed by atoms with Crippen LogP contribution in [0.5, 0.6) is 0 Å². The summed E-state index contributed by atoms with van der Waals surface area (Å²) in [6.07, 6.45) is 0. The zero-order valence-electron chi connectivity index (χ0n) is 8.18. The van der Waals surface area contributed by atoms with Gasteiger partial charge < -0.3 is 0 Å². The second-order valence-electron chi connectivity index (χ2n) is 3.73. The third-order valence-electron chi connectivity index (χ3n) is 1.79. The van der Waals surface area contributed by atoms with E-state index in [0.29, 0.717) is 0 Å². The second-order valence-corrected chi connectivity index (χ2v) is 9.96. The summed E-state index contributed by atoms with van der Waals surface area (Å²) < 4.78 is 2.94. The molecule has 0 aliphatic heterocycles. The molecule has 62 valence electrons. The van der Waals surface area contributed by atoms with Gasteiger partial charge in [-0.15, -0.1) is 0 Å². The van der Waals surface area contributed by atoms with Gasteiger partial charge in [0.1, 0.15) is 0 Å². The van der Waals surface area contributed by atoms with Gasteiger partial charge in [-0.05, 0) is 0 Å². The van der Waals surface area contributed by atoms with Gasteiger partial charge in [0.2, 0.25) is 0 Å². The Morgan fingerprint density at radius 2 is 0.800 bits per heavy atom. The fourth-order valence-corrected chi connectivity index (χ4v) is 7.38. The molecule has 0 aromatic carbocycles. The summed E-state index contributed by atoms with van der Waals surface area (Å²) in [5, 5.41) is 0. The quantitative estimate of drug-likeness (QED) is 0.613. The van der Waals surface area contributed by atoms with Crippen LogP contribution in [0.3, 0.4) is 0 Å². The Hall–Kier alpha value is 0.584. The summed E-state index contributed by atoms with van der Waals surface area (Å²) in [5.74, 6) is 0. The van der Waals surface area contributed by atoms with Crippen LogP contribution in [0.15, 0.2) is 0 Å². The Kier molecular flexibility index (Phi) is 4.72. The van der Waals surface area contributed by atoms with Gasteiger partial charge in [0.05, 0.1) is 0 Å². The predicted octanol–water partition coefficient (Wildman–Crippen LogP) is 4.09. The van der Waals surface area contributed by atoms with Gasteiger partial charge >= 0.3 is 70.6 Å². The minimum absolute atomic E-state index is 0.521. The van der Waals surface area contributed by atoms with E-state index in [4.69, 9.17) is 0 Å². The first kappa shape index (κ1) is 10.6. The summed E-state index contributed by atoms with van der Waals surface area (Å²) in [6.45, 7) is 14.3. The van der Waals surface area contributed by atoms with Crippen molar-refractivity contribution in [2.75, 3.05) is 0 Å². The fourth-order valence-electron chi connectivity index (χ4n) is 1.79. The van der Waals surface area contributed by atoms with Crippen molar-refractivity contribution in [1.82, 2.24) is 0 Å². The molecule has 0 unspecified atom stereocenters. The first-order chi connectivity index (χ1) is 4.46. The van der Waals surface area contributed by atoms with E-state index in [1.807, 2.05) is 0 Å².